The number of carbonyl (C=O) groups is 2. The molecule has 0 bridgehead atoms. The number of amides is 2. The van der Waals surface area contributed by atoms with Crippen LogP contribution in [0.1, 0.15) is 39.8 Å². The Morgan fingerprint density at radius 2 is 2.00 bits per heavy atom. The van der Waals surface area contributed by atoms with E-state index in [1.165, 1.54) is 18.3 Å². The van der Waals surface area contributed by atoms with Crippen LogP contribution < -0.4 is 10.1 Å². The summed E-state index contributed by atoms with van der Waals surface area (Å²) in [6.07, 6.45) is 2.44. The summed E-state index contributed by atoms with van der Waals surface area (Å²) in [6.45, 7) is 2.88. The van der Waals surface area contributed by atoms with Crippen LogP contribution in [0, 0.1) is 12.7 Å². The molecular weight excluding hydrogens is 423 g/mol. The molecule has 4 rings (SSSR count). The van der Waals surface area contributed by atoms with Crippen LogP contribution in [0.15, 0.2) is 54.7 Å². The van der Waals surface area contributed by atoms with E-state index >= 15 is 0 Å². The zero-order valence-corrected chi connectivity index (χ0v) is 18.5. The van der Waals surface area contributed by atoms with Gasteiger partial charge < -0.3 is 15.0 Å². The summed E-state index contributed by atoms with van der Waals surface area (Å²) in [6, 6.07) is 13.1. The quantitative estimate of drug-likeness (QED) is 0.621. The molecule has 0 spiro atoms. The van der Waals surface area contributed by atoms with Crippen molar-refractivity contribution in [3.63, 3.8) is 0 Å². The molecule has 3 aromatic rings. The number of anilines is 1. The molecule has 2 aromatic carbocycles. The van der Waals surface area contributed by atoms with E-state index in [2.05, 4.69) is 15.3 Å². The minimum absolute atomic E-state index is 0.00106. The van der Waals surface area contributed by atoms with E-state index in [0.29, 0.717) is 47.2 Å². The molecule has 8 heteroatoms. The Morgan fingerprint density at radius 3 is 2.70 bits per heavy atom. The second-order valence-corrected chi connectivity index (χ2v) is 8.04. The molecule has 1 aromatic heterocycles. The second kappa shape index (κ2) is 9.77. The van der Waals surface area contributed by atoms with E-state index in [0.717, 1.165) is 6.42 Å². The summed E-state index contributed by atoms with van der Waals surface area (Å²) >= 11 is 0. The van der Waals surface area contributed by atoms with Crippen molar-refractivity contribution in [2.24, 2.45) is 0 Å². The van der Waals surface area contributed by atoms with Crippen molar-refractivity contribution in [2.45, 2.75) is 25.7 Å². The highest BCUT2D eigenvalue weighted by atomic mass is 19.1. The van der Waals surface area contributed by atoms with Gasteiger partial charge in [0.15, 0.2) is 0 Å². The van der Waals surface area contributed by atoms with Crippen molar-refractivity contribution in [1.29, 1.82) is 0 Å². The topological polar surface area (TPSA) is 84.4 Å². The summed E-state index contributed by atoms with van der Waals surface area (Å²) in [5, 5.41) is 2.83. The van der Waals surface area contributed by atoms with Crippen molar-refractivity contribution < 1.29 is 18.7 Å². The lowest BCUT2D eigenvalue weighted by Crippen LogP contribution is -2.30. The highest BCUT2D eigenvalue weighted by Gasteiger charge is 2.29. The van der Waals surface area contributed by atoms with E-state index in [-0.39, 0.29) is 30.0 Å². The summed E-state index contributed by atoms with van der Waals surface area (Å²) in [5.41, 5.74) is 2.28. The maximum Gasteiger partial charge on any atom is 0.259 e. The summed E-state index contributed by atoms with van der Waals surface area (Å²) in [5.74, 6) is 0.641. The Bertz CT molecular complexity index is 1170. The number of rotatable bonds is 6. The second-order valence-electron chi connectivity index (χ2n) is 8.04. The predicted octanol–water partition coefficient (Wildman–Crippen LogP) is 3.74. The molecule has 7 nitrogen and oxygen atoms in total. The molecule has 2 amide bonds. The first-order valence-corrected chi connectivity index (χ1v) is 10.7. The number of aryl methyl sites for hydroxylation is 1. The number of likely N-dealkylation sites (tertiary alicyclic amines) is 1. The summed E-state index contributed by atoms with van der Waals surface area (Å²) in [7, 11) is 1.58. The van der Waals surface area contributed by atoms with Gasteiger partial charge in [0.05, 0.1) is 24.8 Å². The van der Waals surface area contributed by atoms with Crippen molar-refractivity contribution in [3.8, 4) is 5.75 Å². The van der Waals surface area contributed by atoms with Crippen molar-refractivity contribution in [3.05, 3.63) is 83.2 Å². The molecule has 1 saturated heterocycles. The molecular formula is C25H25FN4O3. The molecule has 170 valence electrons. The normalized spacial score (nSPS) is 15.4. The van der Waals surface area contributed by atoms with Gasteiger partial charge in [-0.1, -0.05) is 12.1 Å². The monoisotopic (exact) mass is 448 g/mol. The van der Waals surface area contributed by atoms with Gasteiger partial charge in [-0.3, -0.25) is 9.59 Å². The van der Waals surface area contributed by atoms with Gasteiger partial charge in [-0.25, -0.2) is 14.4 Å². The smallest absolute Gasteiger partial charge is 0.259 e. The minimum atomic E-state index is -0.348. The Morgan fingerprint density at radius 1 is 1.21 bits per heavy atom. The summed E-state index contributed by atoms with van der Waals surface area (Å²) in [4.78, 5) is 36.0. The first-order chi connectivity index (χ1) is 15.9. The van der Waals surface area contributed by atoms with Crippen LogP contribution in [0.3, 0.4) is 0 Å². The van der Waals surface area contributed by atoms with Gasteiger partial charge in [0.25, 0.3) is 5.91 Å². The summed E-state index contributed by atoms with van der Waals surface area (Å²) < 4.78 is 18.5. The fourth-order valence-corrected chi connectivity index (χ4v) is 3.91. The third-order valence-electron chi connectivity index (χ3n) is 5.74. The molecule has 1 aliphatic heterocycles. The molecule has 1 N–H and O–H groups in total. The Hall–Kier alpha value is -3.81. The van der Waals surface area contributed by atoms with Crippen LogP contribution in [0.5, 0.6) is 5.75 Å². The number of carbonyl (C=O) groups excluding carboxylic acids is 2. The number of nitrogens with zero attached hydrogens (tertiary/aromatic N) is 3. The van der Waals surface area contributed by atoms with E-state index in [1.54, 1.807) is 55.3 Å². The number of methoxy groups -OCH3 is 1. The largest absolute Gasteiger partial charge is 0.497 e. The van der Waals surface area contributed by atoms with Crippen LogP contribution >= 0.6 is 0 Å². The molecule has 33 heavy (non-hydrogen) atoms. The number of ether oxygens (including phenoxy) is 1. The molecule has 0 aliphatic carbocycles. The molecule has 1 atom stereocenters. The Kier molecular flexibility index (Phi) is 6.63. The predicted molar refractivity (Wildman–Crippen MR) is 122 cm³/mol. The van der Waals surface area contributed by atoms with Gasteiger partial charge in [-0.2, -0.15) is 0 Å². The van der Waals surface area contributed by atoms with Gasteiger partial charge in [-0.05, 0) is 55.3 Å². The molecule has 0 radical (unpaired) electrons. The highest BCUT2D eigenvalue weighted by molar-refractivity contribution is 6.04. The first-order valence-electron chi connectivity index (χ1n) is 10.7. The van der Waals surface area contributed by atoms with Crippen LogP contribution in [-0.4, -0.2) is 46.9 Å². The fourth-order valence-electron chi connectivity index (χ4n) is 3.91. The lowest BCUT2D eigenvalue weighted by atomic mass is 10.1. The Labute approximate surface area is 191 Å². The van der Waals surface area contributed by atoms with E-state index in [4.69, 9.17) is 4.74 Å². The molecule has 2 heterocycles. The molecule has 1 aliphatic rings. The van der Waals surface area contributed by atoms with Crippen LogP contribution in [0.2, 0.25) is 0 Å². The number of benzene rings is 2. The van der Waals surface area contributed by atoms with E-state index < -0.39 is 0 Å². The van der Waals surface area contributed by atoms with Gasteiger partial charge in [0.2, 0.25) is 5.91 Å². The number of hydrogen-bond donors (Lipinski definition) is 1. The third-order valence-corrected chi connectivity index (χ3v) is 5.74. The van der Waals surface area contributed by atoms with Crippen molar-refractivity contribution in [1.82, 2.24) is 14.9 Å². The van der Waals surface area contributed by atoms with Crippen LogP contribution in [0.25, 0.3) is 0 Å². The van der Waals surface area contributed by atoms with Gasteiger partial charge in [0.1, 0.15) is 17.4 Å². The number of aromatic nitrogens is 2. The van der Waals surface area contributed by atoms with E-state index in [9.17, 15) is 14.0 Å². The number of hydrogen-bond acceptors (Lipinski definition) is 5. The zero-order chi connectivity index (χ0) is 23.4. The highest BCUT2D eigenvalue weighted by Crippen LogP contribution is 2.26. The first kappa shape index (κ1) is 22.4. The standard InChI is InChI=1S/C25H25FN4O3/c1-16-22(25(32)29-20-6-8-21(33-2)9-7-20)14-27-24(28-16)18-10-11-30(15-18)23(31)13-17-4-3-5-19(26)12-17/h3-9,12,14,18H,10-11,13,15H2,1-2H3,(H,29,32)/t18-/m0/s1. The van der Waals surface area contributed by atoms with Crippen LogP contribution in [0.4, 0.5) is 10.1 Å². The third kappa shape index (κ3) is 5.34. The van der Waals surface area contributed by atoms with Crippen LogP contribution in [-0.2, 0) is 11.2 Å². The Balaban J connectivity index is 1.38. The number of halogens is 1. The maximum atomic E-state index is 13.4. The van der Waals surface area contributed by atoms with E-state index in [1.807, 2.05) is 0 Å². The minimum Gasteiger partial charge on any atom is -0.497 e. The molecule has 1 fully saturated rings. The van der Waals surface area contributed by atoms with Gasteiger partial charge >= 0.3 is 0 Å². The SMILES string of the molecule is COc1ccc(NC(=O)c2cnc([C@H]3CCN(C(=O)Cc4cccc(F)c4)C3)nc2C)cc1. The van der Waals surface area contributed by atoms with Crippen molar-refractivity contribution in [2.75, 3.05) is 25.5 Å². The lowest BCUT2D eigenvalue weighted by molar-refractivity contribution is -0.129. The van der Waals surface area contributed by atoms with Gasteiger partial charge in [0, 0.05) is 30.9 Å². The average molecular weight is 448 g/mol. The fraction of sp³-hybridized carbons (Fsp3) is 0.280. The molecule has 0 unspecified atom stereocenters. The van der Waals surface area contributed by atoms with Crippen molar-refractivity contribution >= 4 is 17.5 Å². The zero-order valence-electron chi connectivity index (χ0n) is 18.5. The average Bonchev–Trinajstić information content (AvgIpc) is 3.30. The van der Waals surface area contributed by atoms with Gasteiger partial charge in [-0.15, -0.1) is 0 Å². The maximum absolute atomic E-state index is 13.4. The molecule has 0 saturated carbocycles. The number of nitrogens with one attached hydrogen (secondary N) is 1. The lowest BCUT2D eigenvalue weighted by Gasteiger charge is -2.16.